The number of benzene rings is 1. The SMILES string of the molecule is COc1cc(C(=O)NCCCc2cn[nH]c2C)ccc1F. The molecule has 1 aromatic carbocycles. The van der Waals surface area contributed by atoms with E-state index in [-0.39, 0.29) is 11.7 Å². The van der Waals surface area contributed by atoms with Gasteiger partial charge in [-0.15, -0.1) is 0 Å². The molecule has 0 radical (unpaired) electrons. The van der Waals surface area contributed by atoms with Crippen LogP contribution in [0.25, 0.3) is 0 Å². The van der Waals surface area contributed by atoms with Gasteiger partial charge in [0.15, 0.2) is 11.6 Å². The Balaban J connectivity index is 1.83. The number of aromatic nitrogens is 2. The number of rotatable bonds is 6. The molecule has 0 saturated heterocycles. The number of H-pyrrole nitrogens is 1. The van der Waals surface area contributed by atoms with E-state index in [0.29, 0.717) is 12.1 Å². The Morgan fingerprint density at radius 3 is 2.95 bits per heavy atom. The lowest BCUT2D eigenvalue weighted by molar-refractivity contribution is 0.0953. The monoisotopic (exact) mass is 291 g/mol. The summed E-state index contributed by atoms with van der Waals surface area (Å²) in [5.74, 6) is -0.654. The lowest BCUT2D eigenvalue weighted by Crippen LogP contribution is -2.24. The minimum Gasteiger partial charge on any atom is -0.494 e. The van der Waals surface area contributed by atoms with Gasteiger partial charge in [-0.1, -0.05) is 0 Å². The normalized spacial score (nSPS) is 10.4. The highest BCUT2D eigenvalue weighted by molar-refractivity contribution is 5.94. The smallest absolute Gasteiger partial charge is 0.251 e. The second kappa shape index (κ2) is 6.88. The summed E-state index contributed by atoms with van der Waals surface area (Å²) < 4.78 is 18.1. The third-order valence-electron chi connectivity index (χ3n) is 3.26. The van der Waals surface area contributed by atoms with Crippen molar-refractivity contribution in [1.29, 1.82) is 0 Å². The molecule has 2 rings (SSSR count). The Labute approximate surface area is 122 Å². The zero-order valence-electron chi connectivity index (χ0n) is 12.1. The van der Waals surface area contributed by atoms with Crippen molar-refractivity contribution < 1.29 is 13.9 Å². The van der Waals surface area contributed by atoms with Gasteiger partial charge in [-0.25, -0.2) is 4.39 Å². The van der Waals surface area contributed by atoms with Crippen molar-refractivity contribution in [3.63, 3.8) is 0 Å². The van der Waals surface area contributed by atoms with E-state index in [4.69, 9.17) is 4.74 Å². The van der Waals surface area contributed by atoms with Gasteiger partial charge < -0.3 is 10.1 Å². The molecule has 21 heavy (non-hydrogen) atoms. The first-order valence-electron chi connectivity index (χ1n) is 6.72. The first-order valence-corrected chi connectivity index (χ1v) is 6.72. The highest BCUT2D eigenvalue weighted by atomic mass is 19.1. The van der Waals surface area contributed by atoms with Crippen LogP contribution in [0.3, 0.4) is 0 Å². The van der Waals surface area contributed by atoms with Crippen LogP contribution in [0.4, 0.5) is 4.39 Å². The summed E-state index contributed by atoms with van der Waals surface area (Å²) >= 11 is 0. The summed E-state index contributed by atoms with van der Waals surface area (Å²) in [4.78, 5) is 11.9. The number of ether oxygens (including phenoxy) is 1. The summed E-state index contributed by atoms with van der Waals surface area (Å²) in [5.41, 5.74) is 2.57. The molecule has 0 bridgehead atoms. The maximum Gasteiger partial charge on any atom is 0.251 e. The number of carbonyl (C=O) groups is 1. The van der Waals surface area contributed by atoms with Crippen LogP contribution in [0.2, 0.25) is 0 Å². The standard InChI is InChI=1S/C15H18FN3O2/c1-10-12(9-18-19-10)4-3-7-17-15(20)11-5-6-13(16)14(8-11)21-2/h5-6,8-9H,3-4,7H2,1-2H3,(H,17,20)(H,18,19). The molecule has 0 atom stereocenters. The highest BCUT2D eigenvalue weighted by Gasteiger charge is 2.09. The van der Waals surface area contributed by atoms with E-state index in [2.05, 4.69) is 15.5 Å². The van der Waals surface area contributed by atoms with Gasteiger partial charge in [0.25, 0.3) is 5.91 Å². The summed E-state index contributed by atoms with van der Waals surface area (Å²) in [6, 6.07) is 4.06. The third kappa shape index (κ3) is 3.81. The van der Waals surface area contributed by atoms with Crippen LogP contribution in [0.15, 0.2) is 24.4 Å². The third-order valence-corrected chi connectivity index (χ3v) is 3.26. The molecule has 2 N–H and O–H groups in total. The van der Waals surface area contributed by atoms with Crippen molar-refractivity contribution in [3.8, 4) is 5.75 Å². The molecule has 0 aliphatic carbocycles. The predicted molar refractivity (Wildman–Crippen MR) is 76.9 cm³/mol. The van der Waals surface area contributed by atoms with Crippen LogP contribution < -0.4 is 10.1 Å². The molecule has 0 spiro atoms. The van der Waals surface area contributed by atoms with Crippen LogP contribution in [0.1, 0.15) is 28.0 Å². The Kier molecular flexibility index (Phi) is 4.92. The van der Waals surface area contributed by atoms with Crippen molar-refractivity contribution in [2.24, 2.45) is 0 Å². The van der Waals surface area contributed by atoms with E-state index >= 15 is 0 Å². The maximum atomic E-state index is 13.3. The van der Waals surface area contributed by atoms with Crippen molar-refractivity contribution >= 4 is 5.91 Å². The van der Waals surface area contributed by atoms with Crippen LogP contribution in [0, 0.1) is 12.7 Å². The van der Waals surface area contributed by atoms with Crippen LogP contribution >= 0.6 is 0 Å². The largest absolute Gasteiger partial charge is 0.494 e. The van der Waals surface area contributed by atoms with Gasteiger partial charge in [-0.3, -0.25) is 9.89 Å². The molecule has 0 aliphatic rings. The molecule has 0 unspecified atom stereocenters. The minimum atomic E-state index is -0.482. The number of halogens is 1. The number of nitrogens with zero attached hydrogens (tertiary/aromatic N) is 1. The fourth-order valence-electron chi connectivity index (χ4n) is 2.01. The summed E-state index contributed by atoms with van der Waals surface area (Å²) in [7, 11) is 1.37. The fourth-order valence-corrected chi connectivity index (χ4v) is 2.01. The Morgan fingerprint density at radius 1 is 1.48 bits per heavy atom. The van der Waals surface area contributed by atoms with Crippen LogP contribution in [-0.4, -0.2) is 29.8 Å². The first-order chi connectivity index (χ1) is 10.1. The number of amides is 1. The lowest BCUT2D eigenvalue weighted by Gasteiger charge is -2.07. The molecule has 0 saturated carbocycles. The van der Waals surface area contributed by atoms with Crippen molar-refractivity contribution in [1.82, 2.24) is 15.5 Å². The predicted octanol–water partition coefficient (Wildman–Crippen LogP) is 2.23. The fraction of sp³-hybridized carbons (Fsp3) is 0.333. The van der Waals surface area contributed by atoms with E-state index < -0.39 is 5.82 Å². The molecule has 0 fully saturated rings. The van der Waals surface area contributed by atoms with E-state index in [9.17, 15) is 9.18 Å². The molecule has 1 aromatic heterocycles. The number of methoxy groups -OCH3 is 1. The average molecular weight is 291 g/mol. The lowest BCUT2D eigenvalue weighted by atomic mass is 10.1. The Morgan fingerprint density at radius 2 is 2.29 bits per heavy atom. The quantitative estimate of drug-likeness (QED) is 0.802. The molecule has 112 valence electrons. The molecule has 5 nitrogen and oxygen atoms in total. The second-order valence-electron chi connectivity index (χ2n) is 4.73. The number of hydrogen-bond acceptors (Lipinski definition) is 3. The Hall–Kier alpha value is -2.37. The van der Waals surface area contributed by atoms with E-state index in [1.165, 1.54) is 25.3 Å². The maximum absolute atomic E-state index is 13.3. The van der Waals surface area contributed by atoms with Crippen LogP contribution in [0.5, 0.6) is 5.75 Å². The molecule has 1 amide bonds. The van der Waals surface area contributed by atoms with Gasteiger partial charge in [0, 0.05) is 17.8 Å². The van der Waals surface area contributed by atoms with Crippen molar-refractivity contribution in [2.75, 3.05) is 13.7 Å². The van der Waals surface area contributed by atoms with Crippen molar-refractivity contribution in [2.45, 2.75) is 19.8 Å². The first kappa shape index (κ1) is 15.0. The molecule has 1 heterocycles. The van der Waals surface area contributed by atoms with Gasteiger partial charge in [-0.05, 0) is 43.5 Å². The topological polar surface area (TPSA) is 67.0 Å². The second-order valence-corrected chi connectivity index (χ2v) is 4.73. The van der Waals surface area contributed by atoms with Gasteiger partial charge >= 0.3 is 0 Å². The summed E-state index contributed by atoms with van der Waals surface area (Å²) in [5, 5.41) is 9.63. The minimum absolute atomic E-state index is 0.0664. The number of aryl methyl sites for hydroxylation is 2. The van der Waals surface area contributed by atoms with E-state index in [1.807, 2.05) is 6.92 Å². The number of nitrogens with one attached hydrogen (secondary N) is 2. The van der Waals surface area contributed by atoms with E-state index in [1.54, 1.807) is 6.20 Å². The molecular formula is C15H18FN3O2. The molecular weight excluding hydrogens is 273 g/mol. The number of aromatic amines is 1. The van der Waals surface area contributed by atoms with Gasteiger partial charge in [0.05, 0.1) is 13.3 Å². The molecule has 2 aromatic rings. The van der Waals surface area contributed by atoms with Crippen LogP contribution in [-0.2, 0) is 6.42 Å². The van der Waals surface area contributed by atoms with E-state index in [0.717, 1.165) is 24.1 Å². The average Bonchev–Trinajstić information content (AvgIpc) is 2.89. The summed E-state index contributed by atoms with van der Waals surface area (Å²) in [6.07, 6.45) is 3.45. The zero-order valence-corrected chi connectivity index (χ0v) is 12.1. The highest BCUT2D eigenvalue weighted by Crippen LogP contribution is 2.18. The van der Waals surface area contributed by atoms with Gasteiger partial charge in [0.1, 0.15) is 0 Å². The summed E-state index contributed by atoms with van der Waals surface area (Å²) in [6.45, 7) is 2.51. The van der Waals surface area contributed by atoms with Crippen molar-refractivity contribution in [3.05, 3.63) is 47.0 Å². The van der Waals surface area contributed by atoms with Gasteiger partial charge in [-0.2, -0.15) is 5.10 Å². The molecule has 0 aliphatic heterocycles. The Bertz CT molecular complexity index is 625. The number of carbonyl (C=O) groups excluding carboxylic acids is 1. The zero-order chi connectivity index (χ0) is 15.2. The molecule has 6 heteroatoms. The number of hydrogen-bond donors (Lipinski definition) is 2. The van der Waals surface area contributed by atoms with Gasteiger partial charge in [0.2, 0.25) is 0 Å².